The Bertz CT molecular complexity index is 673. The van der Waals surface area contributed by atoms with Crippen LogP contribution in [0.4, 0.5) is 0 Å². The molecule has 0 bridgehead atoms. The first kappa shape index (κ1) is 18.4. The van der Waals surface area contributed by atoms with Crippen LogP contribution in [0.2, 0.25) is 0 Å². The molecule has 0 spiro atoms. The molecule has 0 amide bonds. The molecule has 0 saturated heterocycles. The second-order valence-corrected chi connectivity index (χ2v) is 5.54. The summed E-state index contributed by atoms with van der Waals surface area (Å²) < 4.78 is 5.03. The fourth-order valence-electron chi connectivity index (χ4n) is 2.52. The second kappa shape index (κ2) is 8.22. The highest BCUT2D eigenvalue weighted by molar-refractivity contribution is 5.96. The fraction of sp³-hybridized carbons (Fsp3) is 0.438. The number of benzene rings is 1. The van der Waals surface area contributed by atoms with Crippen LogP contribution in [0, 0.1) is 0 Å². The third-order valence-electron chi connectivity index (χ3n) is 3.87. The maximum atomic E-state index is 12.1. The third-order valence-corrected chi connectivity index (χ3v) is 3.87. The lowest BCUT2D eigenvalue weighted by molar-refractivity contribution is -0.149. The van der Waals surface area contributed by atoms with Gasteiger partial charge in [-0.25, -0.2) is 9.59 Å². The standard InChI is InChI=1S/C16H19N3O6/c1-25-11-7-5-10(6-8-11)12(20)4-2-3-9-19-14(16(23)24)13(15(21)22)17-18-19/h5-8,13-14H,2-4,9H2,1H3,(H,21,22)(H,23,24). The van der Waals surface area contributed by atoms with Gasteiger partial charge < -0.3 is 14.9 Å². The van der Waals surface area contributed by atoms with Crippen LogP contribution in [-0.2, 0) is 9.59 Å². The molecule has 2 rings (SSSR count). The number of carboxylic acid groups (broad SMARTS) is 2. The first-order chi connectivity index (χ1) is 11.9. The molecule has 0 aliphatic carbocycles. The Morgan fingerprint density at radius 2 is 1.80 bits per heavy atom. The van der Waals surface area contributed by atoms with Crippen LogP contribution < -0.4 is 4.74 Å². The number of carbonyl (C=O) groups is 3. The Morgan fingerprint density at radius 3 is 2.36 bits per heavy atom. The largest absolute Gasteiger partial charge is 0.497 e. The van der Waals surface area contributed by atoms with Crippen molar-refractivity contribution < 1.29 is 29.3 Å². The van der Waals surface area contributed by atoms with E-state index in [1.807, 2.05) is 0 Å². The maximum Gasteiger partial charge on any atom is 0.333 e. The van der Waals surface area contributed by atoms with Gasteiger partial charge in [-0.3, -0.25) is 9.80 Å². The summed E-state index contributed by atoms with van der Waals surface area (Å²) in [5.74, 6) is -1.97. The number of methoxy groups -OCH3 is 1. The molecular formula is C16H19N3O6. The Morgan fingerprint density at radius 1 is 1.12 bits per heavy atom. The van der Waals surface area contributed by atoms with Crippen LogP contribution in [0.25, 0.3) is 0 Å². The van der Waals surface area contributed by atoms with Crippen LogP contribution in [-0.4, -0.2) is 58.7 Å². The Hall–Kier alpha value is -2.97. The molecule has 1 aromatic carbocycles. The average molecular weight is 349 g/mol. The monoisotopic (exact) mass is 349 g/mol. The number of unbranched alkanes of at least 4 members (excludes halogenated alkanes) is 1. The van der Waals surface area contributed by atoms with Crippen molar-refractivity contribution >= 4 is 17.7 Å². The summed E-state index contributed by atoms with van der Waals surface area (Å²) in [6, 6.07) is 4.08. The van der Waals surface area contributed by atoms with Crippen molar-refractivity contribution in [3.63, 3.8) is 0 Å². The number of carbonyl (C=O) groups excluding carboxylic acids is 1. The Labute approximate surface area is 143 Å². The van der Waals surface area contributed by atoms with Gasteiger partial charge >= 0.3 is 11.9 Å². The van der Waals surface area contributed by atoms with E-state index >= 15 is 0 Å². The van der Waals surface area contributed by atoms with Crippen molar-refractivity contribution in [2.24, 2.45) is 10.3 Å². The van der Waals surface area contributed by atoms with Gasteiger partial charge in [0, 0.05) is 18.5 Å². The minimum Gasteiger partial charge on any atom is -0.497 e. The predicted octanol–water partition coefficient (Wildman–Crippen LogP) is 1.64. The van der Waals surface area contributed by atoms with E-state index in [0.29, 0.717) is 30.6 Å². The molecule has 0 aromatic heterocycles. The molecule has 134 valence electrons. The molecule has 1 heterocycles. The van der Waals surface area contributed by atoms with E-state index in [9.17, 15) is 14.4 Å². The van der Waals surface area contributed by atoms with Gasteiger partial charge in [-0.2, -0.15) is 5.11 Å². The summed E-state index contributed by atoms with van der Waals surface area (Å²) in [7, 11) is 1.55. The zero-order chi connectivity index (χ0) is 18.4. The van der Waals surface area contributed by atoms with Gasteiger partial charge in [-0.15, -0.1) is 0 Å². The molecule has 1 aliphatic rings. The van der Waals surface area contributed by atoms with E-state index < -0.39 is 24.0 Å². The number of Topliss-reactive ketones (excluding diaryl/α,β-unsaturated/α-hetero) is 1. The molecule has 2 N–H and O–H groups in total. The number of hydrogen-bond donors (Lipinski definition) is 2. The number of rotatable bonds is 9. The van der Waals surface area contributed by atoms with Crippen LogP contribution in [0.5, 0.6) is 5.75 Å². The van der Waals surface area contributed by atoms with Crippen LogP contribution in [0.15, 0.2) is 34.6 Å². The molecule has 1 aromatic rings. The minimum atomic E-state index is -1.40. The predicted molar refractivity (Wildman–Crippen MR) is 85.6 cm³/mol. The van der Waals surface area contributed by atoms with Crippen molar-refractivity contribution in [3.8, 4) is 5.75 Å². The zero-order valence-corrected chi connectivity index (χ0v) is 13.7. The van der Waals surface area contributed by atoms with E-state index in [4.69, 9.17) is 14.9 Å². The smallest absolute Gasteiger partial charge is 0.333 e. The molecule has 9 nitrogen and oxygen atoms in total. The molecular weight excluding hydrogens is 330 g/mol. The zero-order valence-electron chi connectivity index (χ0n) is 13.7. The van der Waals surface area contributed by atoms with Gasteiger partial charge in [0.1, 0.15) is 5.75 Å². The van der Waals surface area contributed by atoms with Gasteiger partial charge in [-0.05, 0) is 37.1 Å². The Balaban J connectivity index is 1.80. The number of ether oxygens (including phenoxy) is 1. The van der Waals surface area contributed by atoms with E-state index in [1.54, 1.807) is 31.4 Å². The molecule has 0 radical (unpaired) electrons. The maximum absolute atomic E-state index is 12.1. The lowest BCUT2D eigenvalue weighted by Crippen LogP contribution is -2.45. The van der Waals surface area contributed by atoms with Gasteiger partial charge in [0.05, 0.1) is 7.11 Å². The molecule has 2 atom stereocenters. The fourth-order valence-corrected chi connectivity index (χ4v) is 2.52. The third kappa shape index (κ3) is 4.52. The van der Waals surface area contributed by atoms with E-state index in [2.05, 4.69) is 10.3 Å². The summed E-state index contributed by atoms with van der Waals surface area (Å²) in [6.45, 7) is 0.222. The number of carboxylic acids is 2. The molecule has 0 fully saturated rings. The van der Waals surface area contributed by atoms with Crippen LogP contribution in [0.1, 0.15) is 29.6 Å². The quantitative estimate of drug-likeness (QED) is 0.512. The number of ketones is 1. The first-order valence-corrected chi connectivity index (χ1v) is 7.74. The molecule has 0 saturated carbocycles. The molecule has 1 aliphatic heterocycles. The van der Waals surface area contributed by atoms with Gasteiger partial charge in [0.15, 0.2) is 11.8 Å². The lowest BCUT2D eigenvalue weighted by atomic mass is 10.0. The number of nitrogens with zero attached hydrogens (tertiary/aromatic N) is 3. The van der Waals surface area contributed by atoms with Gasteiger partial charge in [-0.1, -0.05) is 5.22 Å². The summed E-state index contributed by atoms with van der Waals surface area (Å²) in [5.41, 5.74) is 0.580. The summed E-state index contributed by atoms with van der Waals surface area (Å²) in [6.07, 6.45) is 1.33. The Kier molecular flexibility index (Phi) is 6.04. The lowest BCUT2D eigenvalue weighted by Gasteiger charge is -2.20. The molecule has 25 heavy (non-hydrogen) atoms. The van der Waals surface area contributed by atoms with Gasteiger partial charge in [0.2, 0.25) is 6.04 Å². The highest BCUT2D eigenvalue weighted by Gasteiger charge is 2.42. The topological polar surface area (TPSA) is 129 Å². The summed E-state index contributed by atoms with van der Waals surface area (Å²) in [4.78, 5) is 34.3. The van der Waals surface area contributed by atoms with E-state index in [-0.39, 0.29) is 12.3 Å². The average Bonchev–Trinajstić information content (AvgIpc) is 3.03. The van der Waals surface area contributed by atoms with Crippen LogP contribution in [0.3, 0.4) is 0 Å². The van der Waals surface area contributed by atoms with Crippen LogP contribution >= 0.6 is 0 Å². The van der Waals surface area contributed by atoms with Crippen molar-refractivity contribution in [3.05, 3.63) is 29.8 Å². The highest BCUT2D eigenvalue weighted by atomic mass is 16.5. The van der Waals surface area contributed by atoms with E-state index in [0.717, 1.165) is 5.01 Å². The molecule has 9 heteroatoms. The summed E-state index contributed by atoms with van der Waals surface area (Å²) in [5, 5.41) is 26.4. The second-order valence-electron chi connectivity index (χ2n) is 5.54. The van der Waals surface area contributed by atoms with Gasteiger partial charge in [0.25, 0.3) is 0 Å². The minimum absolute atomic E-state index is 0.0242. The summed E-state index contributed by atoms with van der Waals surface area (Å²) >= 11 is 0. The van der Waals surface area contributed by atoms with Crippen molar-refractivity contribution in [2.75, 3.05) is 13.7 Å². The van der Waals surface area contributed by atoms with Crippen molar-refractivity contribution in [1.82, 2.24) is 5.01 Å². The van der Waals surface area contributed by atoms with Crippen molar-refractivity contribution in [2.45, 2.75) is 31.3 Å². The van der Waals surface area contributed by atoms with E-state index in [1.165, 1.54) is 0 Å². The number of aliphatic carboxylic acids is 2. The SMILES string of the molecule is COc1ccc(C(=O)CCCCN2N=NC(C(=O)O)C2C(=O)O)cc1. The normalized spacial score (nSPS) is 19.0. The first-order valence-electron chi connectivity index (χ1n) is 7.74. The number of hydrogen-bond acceptors (Lipinski definition) is 7. The highest BCUT2D eigenvalue weighted by Crippen LogP contribution is 2.20. The molecule has 2 unspecified atom stereocenters. The van der Waals surface area contributed by atoms with Crippen molar-refractivity contribution in [1.29, 1.82) is 0 Å².